The number of carbonyl (C=O) groups excluding carboxylic acids is 1. The molecule has 3 rings (SSSR count). The minimum absolute atomic E-state index is 0.0219. The van der Waals surface area contributed by atoms with Crippen LogP contribution in [-0.4, -0.2) is 31.9 Å². The topological polar surface area (TPSA) is 93.8 Å². The van der Waals surface area contributed by atoms with Crippen molar-refractivity contribution in [2.45, 2.75) is 33.4 Å². The Hall–Kier alpha value is -3.42. The molecular weight excluding hydrogens is 356 g/mol. The lowest BCUT2D eigenvalue weighted by molar-refractivity contribution is 0.251. The Labute approximate surface area is 163 Å². The van der Waals surface area contributed by atoms with Gasteiger partial charge in [0.05, 0.1) is 12.2 Å². The number of urea groups is 1. The molecule has 0 fully saturated rings. The molecule has 28 heavy (non-hydrogen) atoms. The average molecular weight is 380 g/mol. The summed E-state index contributed by atoms with van der Waals surface area (Å²) < 4.78 is 3.29. The van der Waals surface area contributed by atoms with E-state index in [0.717, 1.165) is 11.3 Å². The lowest BCUT2D eigenvalue weighted by Crippen LogP contribution is -2.35. The van der Waals surface area contributed by atoms with Crippen molar-refractivity contribution in [3.05, 3.63) is 76.1 Å². The zero-order valence-electron chi connectivity index (χ0n) is 16.2. The van der Waals surface area contributed by atoms with E-state index in [1.54, 1.807) is 23.9 Å². The van der Waals surface area contributed by atoms with Gasteiger partial charge >= 0.3 is 11.7 Å². The summed E-state index contributed by atoms with van der Waals surface area (Å²) in [5, 5.41) is 9.90. The van der Waals surface area contributed by atoms with E-state index >= 15 is 0 Å². The zero-order chi connectivity index (χ0) is 20.1. The monoisotopic (exact) mass is 380 g/mol. The van der Waals surface area contributed by atoms with Crippen molar-refractivity contribution in [2.75, 3.05) is 11.9 Å². The maximum absolute atomic E-state index is 12.3. The summed E-state index contributed by atoms with van der Waals surface area (Å²) in [5.74, 6) is 0.596. The maximum atomic E-state index is 12.3. The van der Waals surface area contributed by atoms with Gasteiger partial charge in [0.25, 0.3) is 0 Å². The van der Waals surface area contributed by atoms with Gasteiger partial charge in [-0.05, 0) is 32.4 Å². The number of aryl methyl sites for hydroxylation is 2. The summed E-state index contributed by atoms with van der Waals surface area (Å²) in [4.78, 5) is 28.1. The first-order valence-corrected chi connectivity index (χ1v) is 9.14. The number of rotatable bonds is 6. The van der Waals surface area contributed by atoms with Crippen LogP contribution in [0.4, 0.5) is 10.6 Å². The van der Waals surface area contributed by atoms with Crippen molar-refractivity contribution < 1.29 is 4.79 Å². The third-order valence-corrected chi connectivity index (χ3v) is 4.53. The molecule has 0 spiro atoms. The summed E-state index contributed by atoms with van der Waals surface area (Å²) in [6.45, 7) is 6.31. The molecule has 2 N–H and O–H groups in total. The highest BCUT2D eigenvalue weighted by molar-refractivity contribution is 5.88. The second kappa shape index (κ2) is 8.51. The average Bonchev–Trinajstić information content (AvgIpc) is 3.12. The number of amides is 2. The lowest BCUT2D eigenvalue weighted by atomic mass is 10.1. The molecule has 0 aliphatic heterocycles. The van der Waals surface area contributed by atoms with Crippen LogP contribution >= 0.6 is 0 Å². The Kier molecular flexibility index (Phi) is 5.88. The molecule has 1 aromatic carbocycles. The standard InChI is InChI=1S/C20H24N6O2/c1-14-13-15(2)25(20(28)23-14)12-11-21-19(27)24-18-9-10-22-26(18)16(3)17-7-5-4-6-8-17/h4-10,13,16H,11-12H2,1-3H3,(H2,21,24,27). The molecule has 0 bridgehead atoms. The van der Waals surface area contributed by atoms with E-state index < -0.39 is 0 Å². The Balaban J connectivity index is 1.59. The van der Waals surface area contributed by atoms with Gasteiger partial charge in [-0.1, -0.05) is 30.3 Å². The molecule has 0 saturated heterocycles. The number of carbonyl (C=O) groups is 1. The summed E-state index contributed by atoms with van der Waals surface area (Å²) in [6.07, 6.45) is 1.65. The molecule has 0 aliphatic rings. The van der Waals surface area contributed by atoms with Crippen LogP contribution in [0.2, 0.25) is 0 Å². The number of nitrogens with zero attached hydrogens (tertiary/aromatic N) is 4. The third kappa shape index (κ3) is 4.46. The molecule has 8 nitrogen and oxygen atoms in total. The van der Waals surface area contributed by atoms with Gasteiger partial charge in [0.15, 0.2) is 0 Å². The Bertz CT molecular complexity index is 1010. The number of aromatic nitrogens is 4. The first kappa shape index (κ1) is 19.3. The van der Waals surface area contributed by atoms with E-state index in [1.807, 2.05) is 50.2 Å². The molecule has 8 heteroatoms. The van der Waals surface area contributed by atoms with Crippen molar-refractivity contribution >= 4 is 11.8 Å². The molecule has 0 radical (unpaired) electrons. The molecule has 2 heterocycles. The fourth-order valence-electron chi connectivity index (χ4n) is 3.08. The van der Waals surface area contributed by atoms with Crippen LogP contribution in [0.25, 0.3) is 0 Å². The van der Waals surface area contributed by atoms with Gasteiger partial charge in [0.2, 0.25) is 0 Å². The third-order valence-electron chi connectivity index (χ3n) is 4.53. The minimum Gasteiger partial charge on any atom is -0.336 e. The maximum Gasteiger partial charge on any atom is 0.348 e. The molecule has 3 aromatic rings. The molecule has 2 amide bonds. The van der Waals surface area contributed by atoms with Crippen LogP contribution in [0.5, 0.6) is 0 Å². The first-order chi connectivity index (χ1) is 13.5. The second-order valence-corrected chi connectivity index (χ2v) is 6.60. The van der Waals surface area contributed by atoms with Crippen LogP contribution in [-0.2, 0) is 6.54 Å². The summed E-state index contributed by atoms with van der Waals surface area (Å²) in [6, 6.07) is 13.2. The minimum atomic E-state index is -0.354. The van der Waals surface area contributed by atoms with Crippen molar-refractivity contribution in [3.63, 3.8) is 0 Å². The van der Waals surface area contributed by atoms with Gasteiger partial charge in [-0.25, -0.2) is 14.3 Å². The lowest BCUT2D eigenvalue weighted by Gasteiger charge is -2.17. The smallest absolute Gasteiger partial charge is 0.336 e. The summed E-state index contributed by atoms with van der Waals surface area (Å²) in [5.41, 5.74) is 2.28. The van der Waals surface area contributed by atoms with Crippen LogP contribution in [0, 0.1) is 13.8 Å². The van der Waals surface area contributed by atoms with E-state index in [0.29, 0.717) is 24.6 Å². The normalized spacial score (nSPS) is 11.8. The molecule has 0 saturated carbocycles. The number of hydrogen-bond acceptors (Lipinski definition) is 4. The van der Waals surface area contributed by atoms with Crippen molar-refractivity contribution in [1.29, 1.82) is 0 Å². The SMILES string of the molecule is Cc1cc(C)n(CCNC(=O)Nc2ccnn2C(C)c2ccccc2)c(=O)n1. The number of anilines is 1. The van der Waals surface area contributed by atoms with Gasteiger partial charge in [-0.3, -0.25) is 9.88 Å². The van der Waals surface area contributed by atoms with E-state index in [4.69, 9.17) is 0 Å². The highest BCUT2D eigenvalue weighted by Crippen LogP contribution is 2.21. The van der Waals surface area contributed by atoms with Gasteiger partial charge in [0, 0.05) is 30.5 Å². The Morgan fingerprint density at radius 2 is 1.93 bits per heavy atom. The van der Waals surface area contributed by atoms with E-state index in [2.05, 4.69) is 20.7 Å². The van der Waals surface area contributed by atoms with Gasteiger partial charge in [-0.15, -0.1) is 0 Å². The predicted octanol–water partition coefficient (Wildman–Crippen LogP) is 2.49. The Morgan fingerprint density at radius 1 is 1.18 bits per heavy atom. The molecular formula is C20H24N6O2. The molecule has 2 aromatic heterocycles. The molecule has 1 unspecified atom stereocenters. The zero-order valence-corrected chi connectivity index (χ0v) is 16.2. The van der Waals surface area contributed by atoms with Gasteiger partial charge < -0.3 is 5.32 Å². The number of benzene rings is 1. The highest BCUT2D eigenvalue weighted by Gasteiger charge is 2.14. The van der Waals surface area contributed by atoms with E-state index in [1.165, 1.54) is 4.57 Å². The molecule has 146 valence electrons. The van der Waals surface area contributed by atoms with Crippen molar-refractivity contribution in [2.24, 2.45) is 0 Å². The summed E-state index contributed by atoms with van der Waals surface area (Å²) >= 11 is 0. The van der Waals surface area contributed by atoms with Crippen LogP contribution in [0.15, 0.2) is 53.5 Å². The fraction of sp³-hybridized carbons (Fsp3) is 0.300. The van der Waals surface area contributed by atoms with E-state index in [9.17, 15) is 9.59 Å². The number of nitrogens with one attached hydrogen (secondary N) is 2. The second-order valence-electron chi connectivity index (χ2n) is 6.60. The van der Waals surface area contributed by atoms with Crippen LogP contribution < -0.4 is 16.3 Å². The van der Waals surface area contributed by atoms with Crippen molar-refractivity contribution in [3.8, 4) is 0 Å². The Morgan fingerprint density at radius 3 is 2.64 bits per heavy atom. The fourth-order valence-corrected chi connectivity index (χ4v) is 3.08. The molecule has 0 aliphatic carbocycles. The summed E-state index contributed by atoms with van der Waals surface area (Å²) in [7, 11) is 0. The van der Waals surface area contributed by atoms with E-state index in [-0.39, 0.29) is 17.8 Å². The van der Waals surface area contributed by atoms with Crippen LogP contribution in [0.3, 0.4) is 0 Å². The predicted molar refractivity (Wildman–Crippen MR) is 107 cm³/mol. The number of hydrogen-bond donors (Lipinski definition) is 2. The van der Waals surface area contributed by atoms with Gasteiger partial charge in [-0.2, -0.15) is 10.1 Å². The highest BCUT2D eigenvalue weighted by atomic mass is 16.2. The molecule has 1 atom stereocenters. The van der Waals surface area contributed by atoms with Crippen LogP contribution in [0.1, 0.15) is 29.9 Å². The van der Waals surface area contributed by atoms with Gasteiger partial charge in [0.1, 0.15) is 5.82 Å². The largest absolute Gasteiger partial charge is 0.348 e. The van der Waals surface area contributed by atoms with Crippen molar-refractivity contribution in [1.82, 2.24) is 24.6 Å². The first-order valence-electron chi connectivity index (χ1n) is 9.14. The quantitative estimate of drug-likeness (QED) is 0.687.